The zero-order chi connectivity index (χ0) is 11.0. The predicted octanol–water partition coefficient (Wildman–Crippen LogP) is 3.31. The molecule has 0 amide bonds. The predicted molar refractivity (Wildman–Crippen MR) is 62.7 cm³/mol. The number of rotatable bonds is 7. The largest absolute Gasteiger partial charge is 0.461 e. The van der Waals surface area contributed by atoms with E-state index in [0.29, 0.717) is 12.5 Å². The fourth-order valence-electron chi connectivity index (χ4n) is 1.15. The molecule has 0 aliphatic carbocycles. The highest BCUT2D eigenvalue weighted by Crippen LogP contribution is 2.13. The van der Waals surface area contributed by atoms with Crippen molar-refractivity contribution in [2.24, 2.45) is 5.92 Å². The normalized spacial score (nSPS) is 12.2. The van der Waals surface area contributed by atoms with E-state index in [0.717, 1.165) is 12.8 Å². The molecule has 0 aromatic carbocycles. The van der Waals surface area contributed by atoms with Crippen molar-refractivity contribution in [2.45, 2.75) is 39.5 Å². The maximum Gasteiger partial charge on any atom is 0.360 e. The number of hydrogen-bond donors (Lipinski definition) is 0. The van der Waals surface area contributed by atoms with Crippen molar-refractivity contribution in [3.05, 3.63) is 0 Å². The first-order valence-electron chi connectivity index (χ1n) is 4.98. The van der Waals surface area contributed by atoms with Crippen molar-refractivity contribution in [2.75, 3.05) is 6.61 Å². The first kappa shape index (κ1) is 13.8. The molecule has 0 aliphatic heterocycles. The van der Waals surface area contributed by atoms with Crippen LogP contribution < -0.4 is 0 Å². The van der Waals surface area contributed by atoms with Gasteiger partial charge in [-0.05, 0) is 12.3 Å². The van der Waals surface area contributed by atoms with E-state index in [1.807, 2.05) is 0 Å². The summed E-state index contributed by atoms with van der Waals surface area (Å²) in [6.07, 6.45) is 4.44. The van der Waals surface area contributed by atoms with Crippen molar-refractivity contribution >= 4 is 34.1 Å². The fraction of sp³-hybridized carbons (Fsp3) is 0.800. The van der Waals surface area contributed by atoms with Crippen LogP contribution in [0.15, 0.2) is 0 Å². The van der Waals surface area contributed by atoms with Gasteiger partial charge < -0.3 is 4.74 Å². The van der Waals surface area contributed by atoms with Gasteiger partial charge in [0.15, 0.2) is 4.32 Å². The van der Waals surface area contributed by atoms with Crippen LogP contribution in [0.1, 0.15) is 39.5 Å². The monoisotopic (exact) mass is 236 g/mol. The fourth-order valence-corrected chi connectivity index (χ4v) is 1.26. The van der Waals surface area contributed by atoms with Crippen molar-refractivity contribution in [3.8, 4) is 0 Å². The average molecular weight is 237 g/mol. The molecule has 0 N–H and O–H groups in total. The van der Waals surface area contributed by atoms with Gasteiger partial charge >= 0.3 is 5.97 Å². The van der Waals surface area contributed by atoms with Crippen molar-refractivity contribution in [1.29, 1.82) is 0 Å². The first-order chi connectivity index (χ1) is 6.61. The lowest BCUT2D eigenvalue weighted by atomic mass is 10.0. The van der Waals surface area contributed by atoms with E-state index in [9.17, 15) is 4.79 Å². The molecule has 0 saturated heterocycles. The Morgan fingerprint density at radius 2 is 2.14 bits per heavy atom. The third-order valence-electron chi connectivity index (χ3n) is 2.15. The lowest BCUT2D eigenvalue weighted by molar-refractivity contribution is -0.136. The van der Waals surface area contributed by atoms with Crippen molar-refractivity contribution in [1.82, 2.24) is 0 Å². The van der Waals surface area contributed by atoms with Gasteiger partial charge in [-0.1, -0.05) is 56.9 Å². The van der Waals surface area contributed by atoms with Gasteiger partial charge in [0.05, 0.1) is 6.61 Å². The van der Waals surface area contributed by atoms with Gasteiger partial charge in [-0.3, -0.25) is 0 Å². The Morgan fingerprint density at radius 1 is 1.50 bits per heavy atom. The summed E-state index contributed by atoms with van der Waals surface area (Å²) in [7, 11) is 0. The Morgan fingerprint density at radius 3 is 2.57 bits per heavy atom. The summed E-state index contributed by atoms with van der Waals surface area (Å²) in [5.74, 6) is -0.137. The minimum absolute atomic E-state index is 0.213. The molecule has 4 heteroatoms. The summed E-state index contributed by atoms with van der Waals surface area (Å²) in [4.78, 5) is 10.9. The molecule has 0 radical (unpaired) electrons. The summed E-state index contributed by atoms with van der Waals surface area (Å²) >= 11 is 9.80. The number of unbranched alkanes of at least 4 members (excludes halogenated alkanes) is 1. The molecule has 0 aromatic heterocycles. The second-order valence-electron chi connectivity index (χ2n) is 3.29. The van der Waals surface area contributed by atoms with Crippen LogP contribution in [0, 0.1) is 5.92 Å². The van der Waals surface area contributed by atoms with Crippen LogP contribution in [-0.4, -0.2) is 16.9 Å². The molecule has 0 heterocycles. The molecule has 2 nitrogen and oxygen atoms in total. The van der Waals surface area contributed by atoms with Crippen LogP contribution in [0.25, 0.3) is 0 Å². The third-order valence-corrected chi connectivity index (χ3v) is 2.47. The summed E-state index contributed by atoms with van der Waals surface area (Å²) in [5, 5.41) is 0. The third kappa shape index (κ3) is 6.33. The van der Waals surface area contributed by atoms with Crippen LogP contribution in [0.2, 0.25) is 0 Å². The summed E-state index contributed by atoms with van der Waals surface area (Å²) in [6, 6.07) is 0. The van der Waals surface area contributed by atoms with Crippen LogP contribution >= 0.6 is 23.8 Å². The molecular weight excluding hydrogens is 220 g/mol. The molecule has 1 unspecified atom stereocenters. The zero-order valence-corrected chi connectivity index (χ0v) is 10.3. The van der Waals surface area contributed by atoms with Gasteiger partial charge in [-0.25, -0.2) is 4.79 Å². The maximum atomic E-state index is 10.9. The summed E-state index contributed by atoms with van der Waals surface area (Å²) in [5.41, 5.74) is 0. The summed E-state index contributed by atoms with van der Waals surface area (Å²) < 4.78 is 4.73. The van der Waals surface area contributed by atoms with Crippen molar-refractivity contribution in [3.63, 3.8) is 0 Å². The van der Waals surface area contributed by atoms with E-state index >= 15 is 0 Å². The minimum Gasteiger partial charge on any atom is -0.461 e. The Hall–Kier alpha value is -0.150. The number of thiocarbonyl (C=S) groups is 1. The van der Waals surface area contributed by atoms with Gasteiger partial charge in [0, 0.05) is 0 Å². The second-order valence-corrected chi connectivity index (χ2v) is 4.30. The molecule has 0 rings (SSSR count). The minimum atomic E-state index is -0.573. The standard InChI is InChI=1S/C10H17ClO2S/c1-3-5-6-8(4-2)7-13-10(12)9(11)14/h8H,3-7H2,1-2H3. The van der Waals surface area contributed by atoms with Crippen LogP contribution in [0.4, 0.5) is 0 Å². The number of carbonyl (C=O) groups is 1. The molecule has 0 saturated carbocycles. The number of carbonyl (C=O) groups excluding carboxylic acids is 1. The quantitative estimate of drug-likeness (QED) is 0.385. The molecule has 0 bridgehead atoms. The van der Waals surface area contributed by atoms with Gasteiger partial charge in [0.2, 0.25) is 0 Å². The highest BCUT2D eigenvalue weighted by Gasteiger charge is 2.11. The Bertz CT molecular complexity index is 195. The molecule has 82 valence electrons. The highest BCUT2D eigenvalue weighted by molar-refractivity contribution is 7.85. The molecule has 0 aliphatic rings. The van der Waals surface area contributed by atoms with E-state index < -0.39 is 5.97 Å². The zero-order valence-electron chi connectivity index (χ0n) is 8.72. The molecular formula is C10H17ClO2S. The molecule has 1 atom stereocenters. The van der Waals surface area contributed by atoms with E-state index in [2.05, 4.69) is 26.1 Å². The SMILES string of the molecule is CCCCC(CC)COC(=O)C(=S)Cl. The highest BCUT2D eigenvalue weighted by atomic mass is 35.5. The number of halogens is 1. The second kappa shape index (κ2) is 8.18. The summed E-state index contributed by atoms with van der Waals surface area (Å²) in [6.45, 7) is 4.67. The smallest absolute Gasteiger partial charge is 0.360 e. The van der Waals surface area contributed by atoms with Crippen LogP contribution in [0.3, 0.4) is 0 Å². The van der Waals surface area contributed by atoms with Gasteiger partial charge in [0.25, 0.3) is 0 Å². The van der Waals surface area contributed by atoms with Crippen LogP contribution in [-0.2, 0) is 9.53 Å². The molecule has 14 heavy (non-hydrogen) atoms. The van der Waals surface area contributed by atoms with E-state index in [1.54, 1.807) is 0 Å². The van der Waals surface area contributed by atoms with Gasteiger partial charge in [-0.2, -0.15) is 0 Å². The number of ether oxygens (including phenoxy) is 1. The van der Waals surface area contributed by atoms with Gasteiger partial charge in [0.1, 0.15) is 0 Å². The van der Waals surface area contributed by atoms with Crippen molar-refractivity contribution < 1.29 is 9.53 Å². The molecule has 0 aromatic rings. The maximum absolute atomic E-state index is 10.9. The van der Waals surface area contributed by atoms with E-state index in [1.165, 1.54) is 12.8 Å². The lowest BCUT2D eigenvalue weighted by Crippen LogP contribution is -2.16. The number of hydrogen-bond acceptors (Lipinski definition) is 3. The van der Waals surface area contributed by atoms with E-state index in [4.69, 9.17) is 16.3 Å². The van der Waals surface area contributed by atoms with Crippen LogP contribution in [0.5, 0.6) is 0 Å². The van der Waals surface area contributed by atoms with E-state index in [-0.39, 0.29) is 4.32 Å². The molecule has 0 fully saturated rings. The van der Waals surface area contributed by atoms with Gasteiger partial charge in [-0.15, -0.1) is 0 Å². The lowest BCUT2D eigenvalue weighted by Gasteiger charge is -2.13. The number of esters is 1. The Balaban J connectivity index is 3.71. The first-order valence-corrected chi connectivity index (χ1v) is 5.77. The average Bonchev–Trinajstić information content (AvgIpc) is 2.17. The molecule has 0 spiro atoms. The Kier molecular flexibility index (Phi) is 8.09. The Labute approximate surface area is 96.0 Å². The topological polar surface area (TPSA) is 26.3 Å².